The molecule has 0 N–H and O–H groups in total. The first-order chi connectivity index (χ1) is 14.5. The Morgan fingerprint density at radius 1 is 1.07 bits per heavy atom. The molecule has 1 aliphatic rings. The maximum atomic E-state index is 13.7. The number of rotatable bonds is 4. The number of piperazine rings is 1. The number of aryl methyl sites for hydroxylation is 1. The molecule has 0 saturated carbocycles. The monoisotopic (exact) mass is 410 g/mol. The van der Waals surface area contributed by atoms with Crippen molar-refractivity contribution in [3.05, 3.63) is 71.8 Å². The molecule has 0 radical (unpaired) electrons. The van der Waals surface area contributed by atoms with Crippen LogP contribution in [0.1, 0.15) is 11.4 Å². The Hall–Kier alpha value is -3.62. The van der Waals surface area contributed by atoms with Crippen molar-refractivity contribution >= 4 is 17.8 Å². The zero-order valence-corrected chi connectivity index (χ0v) is 16.4. The molecule has 1 aliphatic heterocycles. The summed E-state index contributed by atoms with van der Waals surface area (Å²) in [5.41, 5.74) is 0.0459. The molecule has 3 heterocycles. The molecular weight excluding hydrogens is 390 g/mol. The third-order valence-corrected chi connectivity index (χ3v) is 4.83. The van der Waals surface area contributed by atoms with E-state index in [1.165, 1.54) is 12.2 Å². The second kappa shape index (κ2) is 8.40. The molecule has 1 fully saturated rings. The fraction of sp³-hybridized carbons (Fsp3) is 0.238. The molecule has 0 unspecified atom stereocenters. The van der Waals surface area contributed by atoms with Crippen LogP contribution in [-0.4, -0.2) is 56.7 Å². The number of benzene rings is 1. The number of halogens is 2. The van der Waals surface area contributed by atoms with E-state index in [4.69, 9.17) is 0 Å². The number of carbonyl (C=O) groups is 1. The number of anilines is 1. The average molecular weight is 410 g/mol. The van der Waals surface area contributed by atoms with Crippen LogP contribution >= 0.6 is 0 Å². The second-order valence-electron chi connectivity index (χ2n) is 6.89. The summed E-state index contributed by atoms with van der Waals surface area (Å²) < 4.78 is 28.6. The summed E-state index contributed by atoms with van der Waals surface area (Å²) in [7, 11) is 0. The largest absolute Gasteiger partial charge is 0.353 e. The molecule has 1 aromatic carbocycles. The summed E-state index contributed by atoms with van der Waals surface area (Å²) in [6.07, 6.45) is 6.08. The smallest absolute Gasteiger partial charge is 0.246 e. The van der Waals surface area contributed by atoms with Gasteiger partial charge in [-0.1, -0.05) is 0 Å². The normalized spacial score (nSPS) is 14.5. The highest BCUT2D eigenvalue weighted by Crippen LogP contribution is 2.18. The van der Waals surface area contributed by atoms with E-state index in [1.807, 2.05) is 25.3 Å². The van der Waals surface area contributed by atoms with E-state index in [0.29, 0.717) is 37.8 Å². The fourth-order valence-corrected chi connectivity index (χ4v) is 3.29. The van der Waals surface area contributed by atoms with Gasteiger partial charge in [-0.15, -0.1) is 0 Å². The molecule has 154 valence electrons. The molecule has 0 aliphatic carbocycles. The topological polar surface area (TPSA) is 67.2 Å². The summed E-state index contributed by atoms with van der Waals surface area (Å²) in [4.78, 5) is 25.1. The van der Waals surface area contributed by atoms with E-state index in [9.17, 15) is 13.6 Å². The molecule has 0 bridgehead atoms. The van der Waals surface area contributed by atoms with Gasteiger partial charge in [0.2, 0.25) is 5.91 Å². The van der Waals surface area contributed by atoms with Crippen molar-refractivity contribution < 1.29 is 13.6 Å². The number of amides is 1. The minimum Gasteiger partial charge on any atom is -0.353 e. The van der Waals surface area contributed by atoms with Crippen LogP contribution in [-0.2, 0) is 4.79 Å². The quantitative estimate of drug-likeness (QED) is 0.619. The van der Waals surface area contributed by atoms with E-state index < -0.39 is 11.6 Å². The number of hydrogen-bond acceptors (Lipinski definition) is 5. The van der Waals surface area contributed by atoms with Crippen LogP contribution in [0.25, 0.3) is 11.9 Å². The van der Waals surface area contributed by atoms with Crippen molar-refractivity contribution in [1.29, 1.82) is 0 Å². The molecule has 1 amide bonds. The van der Waals surface area contributed by atoms with Gasteiger partial charge in [0.15, 0.2) is 5.82 Å². The van der Waals surface area contributed by atoms with Gasteiger partial charge in [-0.2, -0.15) is 5.10 Å². The van der Waals surface area contributed by atoms with Crippen molar-refractivity contribution in [2.45, 2.75) is 6.92 Å². The van der Waals surface area contributed by atoms with Gasteiger partial charge in [0, 0.05) is 56.3 Å². The Morgan fingerprint density at radius 2 is 1.83 bits per heavy atom. The van der Waals surface area contributed by atoms with Gasteiger partial charge in [0.05, 0.1) is 0 Å². The van der Waals surface area contributed by atoms with Crippen LogP contribution in [0.2, 0.25) is 0 Å². The minimum absolute atomic E-state index is 0.0459. The second-order valence-corrected chi connectivity index (χ2v) is 6.89. The lowest BCUT2D eigenvalue weighted by atomic mass is 10.2. The molecule has 1 saturated heterocycles. The van der Waals surface area contributed by atoms with E-state index >= 15 is 0 Å². The summed E-state index contributed by atoms with van der Waals surface area (Å²) in [5.74, 6) is 0.730. The van der Waals surface area contributed by atoms with Crippen LogP contribution in [0, 0.1) is 18.6 Å². The van der Waals surface area contributed by atoms with Gasteiger partial charge in [0.1, 0.15) is 23.3 Å². The van der Waals surface area contributed by atoms with Crippen LogP contribution in [0.4, 0.5) is 14.6 Å². The first kappa shape index (κ1) is 19.7. The molecule has 4 rings (SSSR count). The Morgan fingerprint density at radius 3 is 2.57 bits per heavy atom. The van der Waals surface area contributed by atoms with E-state index in [0.717, 1.165) is 24.0 Å². The third-order valence-electron chi connectivity index (χ3n) is 4.83. The Bertz CT molecular complexity index is 1080. The van der Waals surface area contributed by atoms with Crippen molar-refractivity contribution in [3.8, 4) is 5.82 Å². The lowest BCUT2D eigenvalue weighted by Crippen LogP contribution is -2.48. The molecular formula is C21H20F2N6O. The van der Waals surface area contributed by atoms with Gasteiger partial charge in [-0.05, 0) is 37.3 Å². The average Bonchev–Trinajstić information content (AvgIpc) is 3.29. The summed E-state index contributed by atoms with van der Waals surface area (Å²) >= 11 is 0. The highest BCUT2D eigenvalue weighted by molar-refractivity contribution is 5.92. The Balaban J connectivity index is 1.41. The molecule has 7 nitrogen and oxygen atoms in total. The highest BCUT2D eigenvalue weighted by atomic mass is 19.1. The van der Waals surface area contributed by atoms with Crippen LogP contribution in [0.15, 0.2) is 48.8 Å². The van der Waals surface area contributed by atoms with Gasteiger partial charge >= 0.3 is 0 Å². The van der Waals surface area contributed by atoms with Gasteiger partial charge in [0.25, 0.3) is 0 Å². The first-order valence-electron chi connectivity index (χ1n) is 9.52. The summed E-state index contributed by atoms with van der Waals surface area (Å²) in [5, 5.41) is 4.20. The number of carbonyl (C=O) groups excluding carboxylic acids is 1. The van der Waals surface area contributed by atoms with E-state index in [2.05, 4.69) is 20.0 Å². The third kappa shape index (κ3) is 4.35. The fourth-order valence-electron chi connectivity index (χ4n) is 3.29. The zero-order valence-electron chi connectivity index (χ0n) is 16.4. The van der Waals surface area contributed by atoms with Crippen molar-refractivity contribution in [1.82, 2.24) is 24.6 Å². The predicted molar refractivity (Wildman–Crippen MR) is 108 cm³/mol. The summed E-state index contributed by atoms with van der Waals surface area (Å²) in [6, 6.07) is 6.83. The van der Waals surface area contributed by atoms with Gasteiger partial charge in [-0.25, -0.2) is 23.4 Å². The lowest BCUT2D eigenvalue weighted by molar-refractivity contribution is -0.126. The number of hydrogen-bond donors (Lipinski definition) is 0. The SMILES string of the molecule is Cc1nc(N2CCN(C(=O)/C=C/c3cc(F)ccc3F)CC2)cc(-n2cccn2)n1. The lowest BCUT2D eigenvalue weighted by Gasteiger charge is -2.35. The van der Waals surface area contributed by atoms with E-state index in [1.54, 1.807) is 15.8 Å². The van der Waals surface area contributed by atoms with Gasteiger partial charge in [-0.3, -0.25) is 4.79 Å². The molecule has 0 spiro atoms. The Kier molecular flexibility index (Phi) is 5.51. The number of aromatic nitrogens is 4. The Labute approximate surface area is 172 Å². The molecule has 3 aromatic rings. The minimum atomic E-state index is -0.572. The maximum Gasteiger partial charge on any atom is 0.246 e. The van der Waals surface area contributed by atoms with E-state index in [-0.39, 0.29) is 11.5 Å². The zero-order chi connectivity index (χ0) is 21.1. The first-order valence-corrected chi connectivity index (χ1v) is 9.52. The molecule has 9 heteroatoms. The number of nitrogens with zero attached hydrogens (tertiary/aromatic N) is 6. The maximum absolute atomic E-state index is 13.7. The van der Waals surface area contributed by atoms with Crippen molar-refractivity contribution in [2.75, 3.05) is 31.1 Å². The summed E-state index contributed by atoms with van der Waals surface area (Å²) in [6.45, 7) is 4.02. The van der Waals surface area contributed by atoms with Gasteiger partial charge < -0.3 is 9.80 Å². The van der Waals surface area contributed by atoms with Crippen molar-refractivity contribution in [2.24, 2.45) is 0 Å². The van der Waals surface area contributed by atoms with Crippen molar-refractivity contribution in [3.63, 3.8) is 0 Å². The molecule has 0 atom stereocenters. The molecule has 30 heavy (non-hydrogen) atoms. The standard InChI is InChI=1S/C21H20F2N6O/c1-15-25-19(14-20(26-15)29-8-2-7-24-29)27-9-11-28(12-10-27)21(30)6-3-16-13-17(22)4-5-18(16)23/h2-8,13-14H,9-12H2,1H3/b6-3+. The van der Waals surface area contributed by atoms with Crippen LogP contribution < -0.4 is 4.90 Å². The van der Waals surface area contributed by atoms with Crippen LogP contribution in [0.3, 0.4) is 0 Å². The predicted octanol–water partition coefficient (Wildman–Crippen LogP) is 2.61. The highest BCUT2D eigenvalue weighted by Gasteiger charge is 2.21. The van der Waals surface area contributed by atoms with Crippen LogP contribution in [0.5, 0.6) is 0 Å². The molecule has 2 aromatic heterocycles.